The first-order valence-corrected chi connectivity index (χ1v) is 5.08. The summed E-state index contributed by atoms with van der Waals surface area (Å²) < 4.78 is 2.30. The number of thiol groups is 1. The van der Waals surface area contributed by atoms with Gasteiger partial charge in [0, 0.05) is 12.9 Å². The van der Waals surface area contributed by atoms with Crippen LogP contribution in [-0.2, 0) is 0 Å². The monoisotopic (exact) mass is 328 g/mol. The normalized spacial score (nSPS) is 10.0. The fraction of sp³-hybridized carbons (Fsp3) is 0.143. The van der Waals surface area contributed by atoms with Crippen LogP contribution in [0.25, 0.3) is 0 Å². The van der Waals surface area contributed by atoms with Crippen LogP contribution in [-0.4, -0.2) is 0 Å². The van der Waals surface area contributed by atoms with Crippen LogP contribution in [0.1, 0.15) is 5.56 Å². The van der Waals surface area contributed by atoms with Crippen molar-refractivity contribution in [3.8, 4) is 0 Å². The molecule has 0 saturated heterocycles. The minimum absolute atomic E-state index is 1.06. The molecular formula is C7H6BrIS. The third-order valence-corrected chi connectivity index (χ3v) is 4.80. The first-order valence-electron chi connectivity index (χ1n) is 2.76. The first kappa shape index (κ1) is 8.87. The van der Waals surface area contributed by atoms with E-state index in [2.05, 4.69) is 64.1 Å². The second kappa shape index (κ2) is 3.45. The van der Waals surface area contributed by atoms with Crippen LogP contribution in [0.3, 0.4) is 0 Å². The fourth-order valence-electron chi connectivity index (χ4n) is 0.636. The highest BCUT2D eigenvalue weighted by Crippen LogP contribution is 2.27. The molecule has 0 radical (unpaired) electrons. The minimum atomic E-state index is 1.06. The van der Waals surface area contributed by atoms with Gasteiger partial charge in [0.2, 0.25) is 0 Å². The predicted octanol–water partition coefficient (Wildman–Crippen LogP) is 3.65. The van der Waals surface area contributed by atoms with Crippen molar-refractivity contribution in [1.82, 2.24) is 0 Å². The smallest absolute Gasteiger partial charge is 0.0408 e. The van der Waals surface area contributed by atoms with Gasteiger partial charge in [-0.25, -0.2) is 0 Å². The summed E-state index contributed by atoms with van der Waals surface area (Å²) >= 11 is 10.0. The topological polar surface area (TPSA) is 0 Å². The summed E-state index contributed by atoms with van der Waals surface area (Å²) in [6, 6.07) is 4.09. The molecule has 10 heavy (non-hydrogen) atoms. The number of hydrogen-bond acceptors (Lipinski definition) is 1. The molecule has 1 aromatic rings. The van der Waals surface area contributed by atoms with Crippen molar-refractivity contribution in [3.63, 3.8) is 0 Å². The van der Waals surface area contributed by atoms with Crippen molar-refractivity contribution in [2.24, 2.45) is 0 Å². The molecular weight excluding hydrogens is 323 g/mol. The van der Waals surface area contributed by atoms with Gasteiger partial charge in [0.1, 0.15) is 0 Å². The standard InChI is InChI=1S/C7H6BrIS/c1-4-2-3-5(8)6(9)7(4)10/h2-3,10H,1H3. The Kier molecular flexibility index (Phi) is 3.06. The number of aryl methyl sites for hydroxylation is 1. The second-order valence-electron chi connectivity index (χ2n) is 2.03. The highest BCUT2D eigenvalue weighted by Gasteiger charge is 2.01. The van der Waals surface area contributed by atoms with Crippen molar-refractivity contribution in [3.05, 3.63) is 25.7 Å². The lowest BCUT2D eigenvalue weighted by atomic mass is 10.2. The average Bonchev–Trinajstić information content (AvgIpc) is 1.93. The summed E-state index contributed by atoms with van der Waals surface area (Å²) in [5.41, 5.74) is 1.22. The number of benzene rings is 1. The molecule has 0 nitrogen and oxygen atoms in total. The molecule has 0 aliphatic heterocycles. The predicted molar refractivity (Wildman–Crippen MR) is 58.8 cm³/mol. The van der Waals surface area contributed by atoms with Crippen molar-refractivity contribution >= 4 is 51.1 Å². The van der Waals surface area contributed by atoms with Gasteiger partial charge in [-0.3, -0.25) is 0 Å². The molecule has 0 saturated carbocycles. The number of halogens is 2. The van der Waals surface area contributed by atoms with Gasteiger partial charge >= 0.3 is 0 Å². The van der Waals surface area contributed by atoms with Gasteiger partial charge in [0.15, 0.2) is 0 Å². The van der Waals surface area contributed by atoms with E-state index in [9.17, 15) is 0 Å². The quantitative estimate of drug-likeness (QED) is 0.545. The largest absolute Gasteiger partial charge is 0.142 e. The molecule has 0 bridgehead atoms. The van der Waals surface area contributed by atoms with Gasteiger partial charge in [0.25, 0.3) is 0 Å². The maximum Gasteiger partial charge on any atom is 0.0408 e. The van der Waals surface area contributed by atoms with E-state index in [1.807, 2.05) is 6.07 Å². The maximum atomic E-state index is 4.34. The molecule has 0 heterocycles. The Hall–Kier alpha value is 0.780. The molecule has 1 rings (SSSR count). The van der Waals surface area contributed by atoms with Crippen LogP contribution < -0.4 is 0 Å². The van der Waals surface area contributed by atoms with Gasteiger partial charge in [-0.1, -0.05) is 6.07 Å². The van der Waals surface area contributed by atoms with E-state index in [0.29, 0.717) is 0 Å². The minimum Gasteiger partial charge on any atom is -0.142 e. The molecule has 0 amide bonds. The van der Waals surface area contributed by atoms with Crippen molar-refractivity contribution in [1.29, 1.82) is 0 Å². The Balaban J connectivity index is 3.34. The van der Waals surface area contributed by atoms with Gasteiger partial charge < -0.3 is 0 Å². The SMILES string of the molecule is Cc1ccc(Br)c(I)c1S. The molecule has 0 spiro atoms. The van der Waals surface area contributed by atoms with Crippen LogP contribution in [0, 0.1) is 10.5 Å². The van der Waals surface area contributed by atoms with Crippen LogP contribution in [0.2, 0.25) is 0 Å². The van der Waals surface area contributed by atoms with Gasteiger partial charge in [-0.15, -0.1) is 12.6 Å². The van der Waals surface area contributed by atoms with Gasteiger partial charge in [-0.2, -0.15) is 0 Å². The highest BCUT2D eigenvalue weighted by molar-refractivity contribution is 14.1. The van der Waals surface area contributed by atoms with E-state index < -0.39 is 0 Å². The molecule has 1 aromatic carbocycles. The van der Waals surface area contributed by atoms with Crippen LogP contribution in [0.5, 0.6) is 0 Å². The summed E-state index contributed by atoms with van der Waals surface area (Å²) in [6.07, 6.45) is 0. The van der Waals surface area contributed by atoms with Crippen LogP contribution in [0.4, 0.5) is 0 Å². The second-order valence-corrected chi connectivity index (χ2v) is 4.41. The zero-order chi connectivity index (χ0) is 7.72. The third-order valence-electron chi connectivity index (χ3n) is 1.27. The molecule has 0 atom stereocenters. The van der Waals surface area contributed by atoms with Crippen molar-refractivity contribution in [2.45, 2.75) is 11.8 Å². The van der Waals surface area contributed by atoms with E-state index in [4.69, 9.17) is 0 Å². The average molecular weight is 329 g/mol. The lowest BCUT2D eigenvalue weighted by Gasteiger charge is -2.02. The lowest BCUT2D eigenvalue weighted by molar-refractivity contribution is 1.26. The third kappa shape index (κ3) is 1.68. The summed E-state index contributed by atoms with van der Waals surface area (Å²) in [7, 11) is 0. The van der Waals surface area contributed by atoms with E-state index in [1.165, 1.54) is 9.13 Å². The highest BCUT2D eigenvalue weighted by atomic mass is 127. The Morgan fingerprint density at radius 3 is 2.60 bits per heavy atom. The zero-order valence-corrected chi connectivity index (χ0v) is 10.00. The van der Waals surface area contributed by atoms with Gasteiger partial charge in [-0.05, 0) is 57.1 Å². The number of rotatable bonds is 0. The fourth-order valence-corrected chi connectivity index (χ4v) is 1.92. The first-order chi connectivity index (χ1) is 4.63. The van der Waals surface area contributed by atoms with E-state index in [1.54, 1.807) is 0 Å². The molecule has 3 heteroatoms. The molecule has 0 aliphatic carbocycles. The Morgan fingerprint density at radius 1 is 1.50 bits per heavy atom. The molecule has 0 fully saturated rings. The molecule has 0 unspecified atom stereocenters. The Morgan fingerprint density at radius 2 is 2.10 bits per heavy atom. The van der Waals surface area contributed by atoms with E-state index in [0.717, 1.165) is 9.37 Å². The van der Waals surface area contributed by atoms with Crippen molar-refractivity contribution in [2.75, 3.05) is 0 Å². The maximum absolute atomic E-state index is 4.34. The number of hydrogen-bond donors (Lipinski definition) is 1. The molecule has 0 aromatic heterocycles. The lowest BCUT2D eigenvalue weighted by Crippen LogP contribution is -1.81. The summed E-state index contributed by atoms with van der Waals surface area (Å²) in [6.45, 7) is 2.05. The Bertz CT molecular complexity index is 233. The molecule has 54 valence electrons. The molecule has 0 N–H and O–H groups in total. The van der Waals surface area contributed by atoms with Gasteiger partial charge in [0.05, 0.1) is 0 Å². The van der Waals surface area contributed by atoms with E-state index in [-0.39, 0.29) is 0 Å². The van der Waals surface area contributed by atoms with E-state index >= 15 is 0 Å². The summed E-state index contributed by atoms with van der Waals surface area (Å²) in [5, 5.41) is 0. The molecule has 0 aliphatic rings. The summed E-state index contributed by atoms with van der Waals surface area (Å²) in [5.74, 6) is 0. The van der Waals surface area contributed by atoms with Crippen molar-refractivity contribution < 1.29 is 0 Å². The van der Waals surface area contributed by atoms with Crippen LogP contribution in [0.15, 0.2) is 21.5 Å². The van der Waals surface area contributed by atoms with Crippen LogP contribution >= 0.6 is 51.1 Å². The summed E-state index contributed by atoms with van der Waals surface area (Å²) in [4.78, 5) is 1.06. The zero-order valence-electron chi connectivity index (χ0n) is 5.36. The Labute approximate surface area is 88.1 Å².